The third kappa shape index (κ3) is 13.8. The van der Waals surface area contributed by atoms with E-state index in [4.69, 9.17) is 11.5 Å². The smallest absolute Gasteiger partial charge is 0.326 e. The predicted octanol–water partition coefficient (Wildman–Crippen LogP) is -2.95. The predicted molar refractivity (Wildman–Crippen MR) is 158 cm³/mol. The normalized spacial score (nSPS) is 15.4. The summed E-state index contributed by atoms with van der Waals surface area (Å²) < 4.78 is 0. The standard InChI is InChI=1S/C27H44N8O8/c1-7-17(32-21(36)14(4)29)24(39)30-15(5)22(37)33-18(8-2)25(40)31-16(6)23(38)34-19(9-3)26(41)35-20(27(42)43)12-10-11-13-28/h7-9,14-20H,1-3,10-13,28-29H2,4-6H3,(H,30,39)(H,31,40)(H,32,36)(H,33,37)(H,34,38)(H,35,41)(H,42,43)/t14-,15-,16-,17-,18-,19-,20-/m0/s1. The Kier molecular flexibility index (Phi) is 17.5. The number of rotatable bonds is 20. The minimum absolute atomic E-state index is 0.137. The van der Waals surface area contributed by atoms with Crippen molar-refractivity contribution in [3.63, 3.8) is 0 Å². The summed E-state index contributed by atoms with van der Waals surface area (Å²) in [6.07, 6.45) is 4.53. The lowest BCUT2D eigenvalue weighted by atomic mass is 10.1. The van der Waals surface area contributed by atoms with Crippen LogP contribution in [0.15, 0.2) is 38.0 Å². The Labute approximate surface area is 250 Å². The number of carboxylic acids is 1. The van der Waals surface area contributed by atoms with Crippen molar-refractivity contribution in [1.82, 2.24) is 31.9 Å². The number of carboxylic acid groups (broad SMARTS) is 1. The lowest BCUT2D eigenvalue weighted by Crippen LogP contribution is -2.58. The van der Waals surface area contributed by atoms with Crippen molar-refractivity contribution in [3.05, 3.63) is 38.0 Å². The van der Waals surface area contributed by atoms with Crippen molar-refractivity contribution in [2.75, 3.05) is 6.54 Å². The molecule has 0 heterocycles. The van der Waals surface area contributed by atoms with Gasteiger partial charge in [0.15, 0.2) is 0 Å². The van der Waals surface area contributed by atoms with E-state index in [0.29, 0.717) is 19.4 Å². The van der Waals surface area contributed by atoms with Crippen LogP contribution in [0.25, 0.3) is 0 Å². The van der Waals surface area contributed by atoms with Crippen molar-refractivity contribution >= 4 is 41.4 Å². The van der Waals surface area contributed by atoms with Crippen molar-refractivity contribution in [2.45, 2.75) is 82.3 Å². The van der Waals surface area contributed by atoms with Gasteiger partial charge in [0.05, 0.1) is 6.04 Å². The molecule has 11 N–H and O–H groups in total. The number of nitrogens with two attached hydrogens (primary N) is 2. The van der Waals surface area contributed by atoms with Gasteiger partial charge in [0, 0.05) is 0 Å². The molecule has 0 saturated heterocycles. The molecule has 0 unspecified atom stereocenters. The Balaban J connectivity index is 5.13. The van der Waals surface area contributed by atoms with Crippen molar-refractivity contribution in [3.8, 4) is 0 Å². The minimum atomic E-state index is -1.32. The van der Waals surface area contributed by atoms with E-state index in [0.717, 1.165) is 18.2 Å². The van der Waals surface area contributed by atoms with Crippen LogP contribution < -0.4 is 43.4 Å². The molecule has 16 nitrogen and oxygen atoms in total. The van der Waals surface area contributed by atoms with Gasteiger partial charge in [-0.2, -0.15) is 0 Å². The third-order valence-electron chi connectivity index (χ3n) is 5.93. The molecular formula is C27H44N8O8. The number of nitrogens with one attached hydrogen (secondary N) is 6. The summed E-state index contributed by atoms with van der Waals surface area (Å²) in [5, 5.41) is 23.5. The van der Waals surface area contributed by atoms with Gasteiger partial charge in [0.2, 0.25) is 35.4 Å². The molecule has 0 bridgehead atoms. The third-order valence-corrected chi connectivity index (χ3v) is 5.93. The molecule has 0 rings (SSSR count). The minimum Gasteiger partial charge on any atom is -0.480 e. The fraction of sp³-hybridized carbons (Fsp3) is 0.519. The SMILES string of the molecule is C=C[C@H](NC(=O)[C@H](C)N)C(=O)N[C@@H](C)C(=O)N[C@@H](C=C)C(=O)N[C@@H](C)C(=O)N[C@@H](C=C)C(=O)N[C@@H](CCCCN)C(=O)O. The Bertz CT molecular complexity index is 1060. The van der Waals surface area contributed by atoms with E-state index in [-0.39, 0.29) is 6.42 Å². The van der Waals surface area contributed by atoms with E-state index < -0.39 is 83.7 Å². The molecule has 0 radical (unpaired) electrons. The van der Waals surface area contributed by atoms with Gasteiger partial charge in [0.25, 0.3) is 0 Å². The maximum atomic E-state index is 12.7. The number of hydrogen-bond donors (Lipinski definition) is 9. The van der Waals surface area contributed by atoms with Crippen molar-refractivity contribution in [1.29, 1.82) is 0 Å². The van der Waals surface area contributed by atoms with Crippen molar-refractivity contribution < 1.29 is 38.7 Å². The molecule has 0 aliphatic rings. The van der Waals surface area contributed by atoms with Gasteiger partial charge in [-0.1, -0.05) is 18.2 Å². The Hall–Kier alpha value is -4.57. The maximum Gasteiger partial charge on any atom is 0.326 e. The number of carbonyl (C=O) groups is 7. The van der Waals surface area contributed by atoms with Crippen molar-refractivity contribution in [2.24, 2.45) is 11.5 Å². The molecule has 0 aliphatic carbocycles. The van der Waals surface area contributed by atoms with E-state index >= 15 is 0 Å². The van der Waals surface area contributed by atoms with Crippen LogP contribution in [-0.4, -0.2) is 95.4 Å². The second-order valence-corrected chi connectivity index (χ2v) is 9.60. The molecule has 16 heteroatoms. The highest BCUT2D eigenvalue weighted by Crippen LogP contribution is 2.02. The van der Waals surface area contributed by atoms with E-state index in [1.165, 1.54) is 20.8 Å². The topological polar surface area (TPSA) is 264 Å². The number of aliphatic carboxylic acids is 1. The molecule has 0 aromatic heterocycles. The first kappa shape index (κ1) is 38.4. The molecule has 0 aromatic carbocycles. The largest absolute Gasteiger partial charge is 0.480 e. The van der Waals surface area contributed by atoms with E-state index in [1.54, 1.807) is 0 Å². The molecule has 43 heavy (non-hydrogen) atoms. The number of amides is 6. The van der Waals surface area contributed by atoms with Crippen LogP contribution in [-0.2, 0) is 33.6 Å². The van der Waals surface area contributed by atoms with Crippen LogP contribution in [0, 0.1) is 0 Å². The van der Waals surface area contributed by atoms with E-state index in [2.05, 4.69) is 51.6 Å². The highest BCUT2D eigenvalue weighted by atomic mass is 16.4. The molecule has 7 atom stereocenters. The summed E-state index contributed by atoms with van der Waals surface area (Å²) in [5.41, 5.74) is 10.9. The molecule has 0 saturated carbocycles. The lowest BCUT2D eigenvalue weighted by molar-refractivity contribution is -0.142. The molecule has 0 aromatic rings. The highest BCUT2D eigenvalue weighted by Gasteiger charge is 2.29. The second kappa shape index (κ2) is 19.5. The Morgan fingerprint density at radius 3 is 1.33 bits per heavy atom. The van der Waals surface area contributed by atoms with Crippen LogP contribution in [0.4, 0.5) is 0 Å². The summed E-state index contributed by atoms with van der Waals surface area (Å²) in [7, 11) is 0. The number of hydrogen-bond acceptors (Lipinski definition) is 9. The van der Waals surface area contributed by atoms with Gasteiger partial charge < -0.3 is 48.5 Å². The van der Waals surface area contributed by atoms with Crippen LogP contribution >= 0.6 is 0 Å². The van der Waals surface area contributed by atoms with Crippen LogP contribution in [0.5, 0.6) is 0 Å². The van der Waals surface area contributed by atoms with Crippen LogP contribution in [0.1, 0.15) is 40.0 Å². The highest BCUT2D eigenvalue weighted by molar-refractivity contribution is 5.97. The van der Waals surface area contributed by atoms with Gasteiger partial charge in [-0.05, 0) is 46.6 Å². The van der Waals surface area contributed by atoms with Gasteiger partial charge >= 0.3 is 5.97 Å². The number of carbonyl (C=O) groups excluding carboxylic acids is 6. The molecule has 0 spiro atoms. The Morgan fingerprint density at radius 2 is 1.00 bits per heavy atom. The summed E-state index contributed by atoms with van der Waals surface area (Å²) in [6.45, 7) is 14.9. The Morgan fingerprint density at radius 1 is 0.628 bits per heavy atom. The number of unbranched alkanes of at least 4 members (excludes halogenated alkanes) is 1. The van der Waals surface area contributed by atoms with Gasteiger partial charge in [-0.3, -0.25) is 28.8 Å². The molecular weight excluding hydrogens is 564 g/mol. The maximum absolute atomic E-state index is 12.7. The fourth-order valence-electron chi connectivity index (χ4n) is 3.28. The van der Waals surface area contributed by atoms with Gasteiger partial charge in [-0.25, -0.2) is 4.79 Å². The molecule has 6 amide bonds. The zero-order valence-corrected chi connectivity index (χ0v) is 24.7. The average Bonchev–Trinajstić information content (AvgIpc) is 2.95. The molecule has 0 fully saturated rings. The fourth-order valence-corrected chi connectivity index (χ4v) is 3.28. The lowest BCUT2D eigenvalue weighted by Gasteiger charge is -2.23. The quantitative estimate of drug-likeness (QED) is 0.0501. The second-order valence-electron chi connectivity index (χ2n) is 9.60. The molecule has 0 aliphatic heterocycles. The molecule has 240 valence electrons. The zero-order valence-electron chi connectivity index (χ0n) is 24.7. The first-order chi connectivity index (χ1) is 20.1. The summed E-state index contributed by atoms with van der Waals surface area (Å²) in [5.74, 6) is -5.84. The van der Waals surface area contributed by atoms with E-state index in [1.807, 2.05) is 0 Å². The first-order valence-corrected chi connectivity index (χ1v) is 13.5. The summed E-state index contributed by atoms with van der Waals surface area (Å²) >= 11 is 0. The van der Waals surface area contributed by atoms with Gasteiger partial charge in [0.1, 0.15) is 36.3 Å². The first-order valence-electron chi connectivity index (χ1n) is 13.5. The average molecular weight is 609 g/mol. The monoisotopic (exact) mass is 608 g/mol. The van der Waals surface area contributed by atoms with E-state index in [9.17, 15) is 38.7 Å². The summed E-state index contributed by atoms with van der Waals surface area (Å²) in [6, 6.07) is -8.24. The zero-order chi connectivity index (χ0) is 33.3. The van der Waals surface area contributed by atoms with Gasteiger partial charge in [-0.15, -0.1) is 19.7 Å². The van der Waals surface area contributed by atoms with Crippen LogP contribution in [0.2, 0.25) is 0 Å². The summed E-state index contributed by atoms with van der Waals surface area (Å²) in [4.78, 5) is 86.3. The van der Waals surface area contributed by atoms with Crippen LogP contribution in [0.3, 0.4) is 0 Å².